The zero-order valence-corrected chi connectivity index (χ0v) is 19.3. The fourth-order valence-corrected chi connectivity index (χ4v) is 4.82. The minimum Gasteiger partial charge on any atom is -0.372 e. The van der Waals surface area contributed by atoms with Gasteiger partial charge in [-0.3, -0.25) is 9.69 Å². The molecule has 2 saturated heterocycles. The van der Waals surface area contributed by atoms with Crippen molar-refractivity contribution in [3.05, 3.63) is 64.9 Å². The molecule has 2 aliphatic heterocycles. The molecular formula is C24H25FN8O2. The lowest BCUT2D eigenvalue weighted by atomic mass is 9.97. The average Bonchev–Trinajstić information content (AvgIpc) is 3.32. The molecule has 2 aromatic heterocycles. The van der Waals surface area contributed by atoms with Crippen LogP contribution in [0.2, 0.25) is 0 Å². The summed E-state index contributed by atoms with van der Waals surface area (Å²) in [7, 11) is 0. The van der Waals surface area contributed by atoms with Crippen molar-refractivity contribution >= 4 is 5.91 Å². The van der Waals surface area contributed by atoms with Gasteiger partial charge in [-0.2, -0.15) is 9.94 Å². The van der Waals surface area contributed by atoms with E-state index in [-0.39, 0.29) is 30.0 Å². The molecule has 3 aromatic rings. The second-order valence-corrected chi connectivity index (χ2v) is 8.84. The zero-order valence-electron chi connectivity index (χ0n) is 19.3. The molecule has 0 saturated carbocycles. The molecule has 10 nitrogen and oxygen atoms in total. The molecule has 1 aromatic carbocycles. The maximum absolute atomic E-state index is 14.0. The molecule has 0 unspecified atom stereocenters. The van der Waals surface area contributed by atoms with Gasteiger partial charge in [0.05, 0.1) is 18.1 Å². The predicted octanol–water partition coefficient (Wildman–Crippen LogP) is 1.59. The van der Waals surface area contributed by atoms with Gasteiger partial charge in [-0.05, 0) is 52.6 Å². The van der Waals surface area contributed by atoms with Crippen LogP contribution in [0.4, 0.5) is 4.39 Å². The van der Waals surface area contributed by atoms with Crippen molar-refractivity contribution in [1.82, 2.24) is 35.0 Å². The average molecular weight is 477 g/mol. The van der Waals surface area contributed by atoms with E-state index in [1.807, 2.05) is 17.0 Å². The van der Waals surface area contributed by atoms with Crippen LogP contribution in [0, 0.1) is 24.1 Å². The van der Waals surface area contributed by atoms with Crippen LogP contribution in [0.15, 0.2) is 36.8 Å². The highest BCUT2D eigenvalue weighted by atomic mass is 19.1. The van der Waals surface area contributed by atoms with Crippen LogP contribution in [-0.2, 0) is 16.0 Å². The SMILES string of the molecule is Cc1c([C@@H]2CN3CCN(C(=O)Cc4ccc(-n5cnnn5)nc4)C[C@H]3CCO2)ccc(F)c1C#N. The Morgan fingerprint density at radius 3 is 2.89 bits per heavy atom. The number of aromatic nitrogens is 5. The van der Waals surface area contributed by atoms with E-state index in [4.69, 9.17) is 4.74 Å². The van der Waals surface area contributed by atoms with E-state index in [2.05, 4.69) is 25.4 Å². The number of amides is 1. The molecule has 2 aliphatic rings. The number of nitrogens with zero attached hydrogens (tertiary/aromatic N) is 8. The van der Waals surface area contributed by atoms with Crippen molar-refractivity contribution in [1.29, 1.82) is 5.26 Å². The third kappa shape index (κ3) is 4.76. The highest BCUT2D eigenvalue weighted by Crippen LogP contribution is 2.30. The molecule has 5 rings (SSSR count). The summed E-state index contributed by atoms with van der Waals surface area (Å²) in [4.78, 5) is 21.6. The van der Waals surface area contributed by atoms with E-state index >= 15 is 0 Å². The first kappa shape index (κ1) is 23.0. The number of halogens is 1. The third-order valence-electron chi connectivity index (χ3n) is 6.79. The maximum Gasteiger partial charge on any atom is 0.227 e. The molecule has 11 heteroatoms. The normalized spacial score (nSPS) is 20.7. The number of pyridine rings is 1. The molecule has 0 spiro atoms. The Labute approximate surface area is 201 Å². The lowest BCUT2D eigenvalue weighted by Gasteiger charge is -2.41. The van der Waals surface area contributed by atoms with Crippen molar-refractivity contribution < 1.29 is 13.9 Å². The quantitative estimate of drug-likeness (QED) is 0.558. The maximum atomic E-state index is 14.0. The van der Waals surface area contributed by atoms with Gasteiger partial charge in [0.25, 0.3) is 0 Å². The van der Waals surface area contributed by atoms with E-state index in [0.29, 0.717) is 37.6 Å². The van der Waals surface area contributed by atoms with Crippen LogP contribution in [0.5, 0.6) is 0 Å². The topological polar surface area (TPSA) is 113 Å². The highest BCUT2D eigenvalue weighted by molar-refractivity contribution is 5.78. The molecule has 4 heterocycles. The minimum absolute atomic E-state index is 0.0661. The van der Waals surface area contributed by atoms with E-state index in [1.165, 1.54) is 17.1 Å². The van der Waals surface area contributed by atoms with Crippen LogP contribution < -0.4 is 0 Å². The summed E-state index contributed by atoms with van der Waals surface area (Å²) < 4.78 is 21.6. The lowest BCUT2D eigenvalue weighted by Crippen LogP contribution is -2.55. The van der Waals surface area contributed by atoms with Crippen LogP contribution in [0.1, 0.15) is 34.8 Å². The zero-order chi connectivity index (χ0) is 24.4. The summed E-state index contributed by atoms with van der Waals surface area (Å²) in [6, 6.07) is 8.86. The molecule has 180 valence electrons. The summed E-state index contributed by atoms with van der Waals surface area (Å²) in [5.41, 5.74) is 2.38. The largest absolute Gasteiger partial charge is 0.372 e. The number of hydrogen-bond acceptors (Lipinski definition) is 8. The summed E-state index contributed by atoms with van der Waals surface area (Å²) in [5.74, 6) is 0.148. The van der Waals surface area contributed by atoms with Gasteiger partial charge in [0.2, 0.25) is 5.91 Å². The second kappa shape index (κ2) is 9.85. The van der Waals surface area contributed by atoms with Gasteiger partial charge < -0.3 is 9.64 Å². The fraction of sp³-hybridized carbons (Fsp3) is 0.417. The van der Waals surface area contributed by atoms with Gasteiger partial charge in [-0.25, -0.2) is 9.37 Å². The Hall–Kier alpha value is -3.75. The molecule has 0 N–H and O–H groups in total. The molecule has 2 atom stereocenters. The summed E-state index contributed by atoms with van der Waals surface area (Å²) in [6.45, 7) is 4.95. The van der Waals surface area contributed by atoms with Gasteiger partial charge in [-0.15, -0.1) is 5.10 Å². The molecule has 0 bridgehead atoms. The second-order valence-electron chi connectivity index (χ2n) is 8.84. The van der Waals surface area contributed by atoms with Gasteiger partial charge in [0, 0.05) is 45.0 Å². The van der Waals surface area contributed by atoms with E-state index in [1.54, 1.807) is 25.3 Å². The smallest absolute Gasteiger partial charge is 0.227 e. The van der Waals surface area contributed by atoms with Gasteiger partial charge in [0.1, 0.15) is 18.2 Å². The Morgan fingerprint density at radius 2 is 2.14 bits per heavy atom. The number of tetrazole rings is 1. The highest BCUT2D eigenvalue weighted by Gasteiger charge is 2.34. The third-order valence-corrected chi connectivity index (χ3v) is 6.79. The molecule has 2 fully saturated rings. The Kier molecular flexibility index (Phi) is 6.48. The fourth-order valence-electron chi connectivity index (χ4n) is 4.82. The number of nitriles is 1. The van der Waals surface area contributed by atoms with Crippen molar-refractivity contribution in [3.8, 4) is 11.9 Å². The molecular weight excluding hydrogens is 451 g/mol. The number of ether oxygens (including phenoxy) is 1. The van der Waals surface area contributed by atoms with Crippen molar-refractivity contribution in [2.45, 2.75) is 31.9 Å². The lowest BCUT2D eigenvalue weighted by molar-refractivity contribution is -0.133. The van der Waals surface area contributed by atoms with Crippen LogP contribution >= 0.6 is 0 Å². The number of rotatable bonds is 4. The molecule has 1 amide bonds. The summed E-state index contributed by atoms with van der Waals surface area (Å²) in [5, 5.41) is 20.3. The Balaban J connectivity index is 1.22. The van der Waals surface area contributed by atoms with E-state index in [9.17, 15) is 14.4 Å². The number of benzene rings is 1. The molecule has 35 heavy (non-hydrogen) atoms. The van der Waals surface area contributed by atoms with Gasteiger partial charge in [0.15, 0.2) is 5.82 Å². The Bertz CT molecular complexity index is 1240. The van der Waals surface area contributed by atoms with Crippen molar-refractivity contribution in [3.63, 3.8) is 0 Å². The molecule has 0 radical (unpaired) electrons. The minimum atomic E-state index is -0.507. The van der Waals surface area contributed by atoms with Crippen molar-refractivity contribution in [2.24, 2.45) is 0 Å². The van der Waals surface area contributed by atoms with Gasteiger partial charge >= 0.3 is 0 Å². The number of carbonyl (C=O) groups excluding carboxylic acids is 1. The summed E-state index contributed by atoms with van der Waals surface area (Å²) >= 11 is 0. The predicted molar refractivity (Wildman–Crippen MR) is 122 cm³/mol. The number of fused-ring (bicyclic) bond motifs is 1. The molecule has 0 aliphatic carbocycles. The first-order chi connectivity index (χ1) is 17.0. The monoisotopic (exact) mass is 476 g/mol. The van der Waals surface area contributed by atoms with Crippen LogP contribution in [-0.4, -0.2) is 79.7 Å². The number of carbonyl (C=O) groups is 1. The van der Waals surface area contributed by atoms with Gasteiger partial charge in [-0.1, -0.05) is 12.1 Å². The summed E-state index contributed by atoms with van der Waals surface area (Å²) in [6.07, 6.45) is 3.98. The van der Waals surface area contributed by atoms with E-state index < -0.39 is 5.82 Å². The first-order valence-corrected chi connectivity index (χ1v) is 11.5. The Morgan fingerprint density at radius 1 is 1.26 bits per heavy atom. The van der Waals surface area contributed by atoms with Crippen LogP contribution in [0.25, 0.3) is 5.82 Å². The number of hydrogen-bond donors (Lipinski definition) is 0. The number of piperazine rings is 1. The van der Waals surface area contributed by atoms with Crippen LogP contribution in [0.3, 0.4) is 0 Å². The standard InChI is InChI=1S/C24H25FN8O2/c1-16-19(3-4-21(25)20(16)11-26)22-14-31-7-8-32(13-18(31)6-9-35-22)24(34)10-17-2-5-23(27-12-17)33-15-28-29-30-33/h2-5,12,15,18,22H,6-10,13-14H2,1H3/t18-,22+/m1/s1. The van der Waals surface area contributed by atoms with E-state index in [0.717, 1.165) is 24.1 Å². The first-order valence-electron chi connectivity index (χ1n) is 11.5. The van der Waals surface area contributed by atoms with Crippen molar-refractivity contribution in [2.75, 3.05) is 32.8 Å².